The van der Waals surface area contributed by atoms with Crippen molar-refractivity contribution >= 4 is 22.1 Å². The number of fused-ring (bicyclic) bond motifs is 1. The Morgan fingerprint density at radius 1 is 1.00 bits per heavy atom. The summed E-state index contributed by atoms with van der Waals surface area (Å²) in [6, 6.07) is 14.1. The van der Waals surface area contributed by atoms with E-state index in [9.17, 15) is 0 Å². The van der Waals surface area contributed by atoms with E-state index in [1.165, 1.54) is 0 Å². The number of ether oxygens (including phenoxy) is 2. The molecule has 1 aromatic heterocycles. The van der Waals surface area contributed by atoms with Crippen LogP contribution in [0.25, 0.3) is 10.8 Å². The molecule has 4 heteroatoms. The number of rotatable bonds is 4. The van der Waals surface area contributed by atoms with Gasteiger partial charge in [0.1, 0.15) is 0 Å². The molecule has 0 fully saturated rings. The summed E-state index contributed by atoms with van der Waals surface area (Å²) in [4.78, 5) is 6.30. The number of aromatic nitrogens is 1. The minimum atomic E-state index is 0.695. The van der Waals surface area contributed by atoms with E-state index in [4.69, 9.17) is 9.47 Å². The van der Waals surface area contributed by atoms with Gasteiger partial charge in [0, 0.05) is 35.9 Å². The smallest absolute Gasteiger partial charge is 0.185 e. The molecule has 2 aromatic carbocycles. The highest BCUT2D eigenvalue weighted by Gasteiger charge is 2.19. The molecule has 112 valence electrons. The number of benzene rings is 2. The Morgan fingerprint density at radius 3 is 2.45 bits per heavy atom. The third kappa shape index (κ3) is 2.33. The van der Waals surface area contributed by atoms with Crippen LogP contribution in [0.1, 0.15) is 0 Å². The van der Waals surface area contributed by atoms with Gasteiger partial charge in [0.05, 0.1) is 19.9 Å². The van der Waals surface area contributed by atoms with Crippen LogP contribution >= 0.6 is 0 Å². The first-order valence-electron chi connectivity index (χ1n) is 7.03. The van der Waals surface area contributed by atoms with Crippen LogP contribution in [0.5, 0.6) is 11.5 Å². The minimum Gasteiger partial charge on any atom is -0.493 e. The highest BCUT2D eigenvalue weighted by molar-refractivity contribution is 6.00. The summed E-state index contributed by atoms with van der Waals surface area (Å²) < 4.78 is 11.1. The van der Waals surface area contributed by atoms with E-state index in [0.717, 1.165) is 22.1 Å². The van der Waals surface area contributed by atoms with Gasteiger partial charge in [0.25, 0.3) is 0 Å². The lowest BCUT2D eigenvalue weighted by molar-refractivity contribution is 0.356. The van der Waals surface area contributed by atoms with Crippen LogP contribution in [-0.4, -0.2) is 26.3 Å². The molecule has 0 saturated carbocycles. The number of para-hydroxylation sites is 1. The van der Waals surface area contributed by atoms with Crippen LogP contribution in [0, 0.1) is 0 Å². The SMILES string of the molecule is COc1cc2cnccc2c(N(C)c2ccccc2)c1OC. The number of hydrogen-bond donors (Lipinski definition) is 0. The molecule has 22 heavy (non-hydrogen) atoms. The normalized spacial score (nSPS) is 10.5. The maximum atomic E-state index is 5.63. The summed E-state index contributed by atoms with van der Waals surface area (Å²) in [5.74, 6) is 1.41. The molecule has 3 aromatic rings. The van der Waals surface area contributed by atoms with Gasteiger partial charge in [-0.25, -0.2) is 0 Å². The van der Waals surface area contributed by atoms with Gasteiger partial charge in [-0.05, 0) is 24.3 Å². The maximum absolute atomic E-state index is 5.63. The first kappa shape index (κ1) is 14.2. The van der Waals surface area contributed by atoms with Crippen LogP contribution in [-0.2, 0) is 0 Å². The molecule has 0 atom stereocenters. The fraction of sp³-hybridized carbons (Fsp3) is 0.167. The summed E-state index contributed by atoms with van der Waals surface area (Å²) in [7, 11) is 5.33. The third-order valence-corrected chi connectivity index (χ3v) is 3.74. The van der Waals surface area contributed by atoms with Gasteiger partial charge < -0.3 is 14.4 Å². The van der Waals surface area contributed by atoms with E-state index in [-0.39, 0.29) is 0 Å². The van der Waals surface area contributed by atoms with Crippen LogP contribution in [0.3, 0.4) is 0 Å². The first-order chi connectivity index (χ1) is 10.8. The van der Waals surface area contributed by atoms with Crippen molar-refractivity contribution < 1.29 is 9.47 Å². The van der Waals surface area contributed by atoms with E-state index in [0.29, 0.717) is 11.5 Å². The number of pyridine rings is 1. The molecule has 0 unspecified atom stereocenters. The highest BCUT2D eigenvalue weighted by atomic mass is 16.5. The maximum Gasteiger partial charge on any atom is 0.185 e. The summed E-state index contributed by atoms with van der Waals surface area (Å²) in [5.41, 5.74) is 2.04. The molecular formula is C18H18N2O2. The van der Waals surface area contributed by atoms with Gasteiger partial charge in [-0.1, -0.05) is 18.2 Å². The zero-order valence-corrected chi connectivity index (χ0v) is 12.9. The monoisotopic (exact) mass is 294 g/mol. The summed E-state index contributed by atoms with van der Waals surface area (Å²) in [5, 5.41) is 2.08. The molecule has 0 saturated heterocycles. The van der Waals surface area contributed by atoms with Crippen molar-refractivity contribution in [1.29, 1.82) is 0 Å². The van der Waals surface area contributed by atoms with E-state index in [2.05, 4.69) is 22.0 Å². The van der Waals surface area contributed by atoms with Gasteiger partial charge >= 0.3 is 0 Å². The molecular weight excluding hydrogens is 276 g/mol. The lowest BCUT2D eigenvalue weighted by Crippen LogP contribution is -2.12. The van der Waals surface area contributed by atoms with Crippen molar-refractivity contribution in [3.8, 4) is 11.5 Å². The summed E-state index contributed by atoms with van der Waals surface area (Å²) in [6.45, 7) is 0. The average Bonchev–Trinajstić information content (AvgIpc) is 2.60. The van der Waals surface area contributed by atoms with Crippen LogP contribution in [0.15, 0.2) is 54.9 Å². The second-order valence-electron chi connectivity index (χ2n) is 4.95. The van der Waals surface area contributed by atoms with Crippen molar-refractivity contribution in [3.63, 3.8) is 0 Å². The van der Waals surface area contributed by atoms with Crippen molar-refractivity contribution in [2.75, 3.05) is 26.2 Å². The topological polar surface area (TPSA) is 34.6 Å². The second-order valence-corrected chi connectivity index (χ2v) is 4.95. The fourth-order valence-electron chi connectivity index (χ4n) is 2.65. The van der Waals surface area contributed by atoms with E-state index >= 15 is 0 Å². The van der Waals surface area contributed by atoms with Crippen LogP contribution in [0.2, 0.25) is 0 Å². The number of methoxy groups -OCH3 is 2. The van der Waals surface area contributed by atoms with Crippen molar-refractivity contribution in [2.24, 2.45) is 0 Å². The summed E-state index contributed by atoms with van der Waals surface area (Å²) >= 11 is 0. The molecule has 0 aliphatic heterocycles. The lowest BCUT2D eigenvalue weighted by atomic mass is 10.1. The van der Waals surface area contributed by atoms with Crippen LogP contribution in [0.4, 0.5) is 11.4 Å². The van der Waals surface area contributed by atoms with Gasteiger partial charge in [-0.3, -0.25) is 4.98 Å². The Hall–Kier alpha value is -2.75. The predicted octanol–water partition coefficient (Wildman–Crippen LogP) is 4.02. The van der Waals surface area contributed by atoms with Gasteiger partial charge in [-0.15, -0.1) is 0 Å². The third-order valence-electron chi connectivity index (χ3n) is 3.74. The molecule has 0 radical (unpaired) electrons. The molecule has 0 N–H and O–H groups in total. The Bertz CT molecular complexity index is 788. The molecule has 0 spiro atoms. The van der Waals surface area contributed by atoms with E-state index in [1.807, 2.05) is 43.6 Å². The zero-order chi connectivity index (χ0) is 15.5. The minimum absolute atomic E-state index is 0.695. The van der Waals surface area contributed by atoms with Gasteiger partial charge in [-0.2, -0.15) is 0 Å². The Kier molecular flexibility index (Phi) is 3.83. The predicted molar refractivity (Wildman–Crippen MR) is 89.4 cm³/mol. The number of anilines is 2. The molecule has 0 bridgehead atoms. The van der Waals surface area contributed by atoms with Crippen molar-refractivity contribution in [2.45, 2.75) is 0 Å². The standard InChI is InChI=1S/C18H18N2O2/c1-20(14-7-5-4-6-8-14)17-15-9-10-19-12-13(15)11-16(21-2)18(17)22-3/h4-12H,1-3H3. The molecule has 0 aliphatic carbocycles. The fourth-order valence-corrected chi connectivity index (χ4v) is 2.65. The zero-order valence-electron chi connectivity index (χ0n) is 12.9. The Labute approximate surface area is 129 Å². The average molecular weight is 294 g/mol. The van der Waals surface area contributed by atoms with Crippen molar-refractivity contribution in [3.05, 3.63) is 54.9 Å². The molecule has 0 amide bonds. The van der Waals surface area contributed by atoms with Crippen LogP contribution < -0.4 is 14.4 Å². The molecule has 1 heterocycles. The number of nitrogens with zero attached hydrogens (tertiary/aromatic N) is 2. The highest BCUT2D eigenvalue weighted by Crippen LogP contribution is 2.45. The number of hydrogen-bond acceptors (Lipinski definition) is 4. The van der Waals surface area contributed by atoms with Crippen molar-refractivity contribution in [1.82, 2.24) is 4.98 Å². The van der Waals surface area contributed by atoms with Gasteiger partial charge in [0.2, 0.25) is 0 Å². The Balaban J connectivity index is 2.30. The van der Waals surface area contributed by atoms with E-state index < -0.39 is 0 Å². The Morgan fingerprint density at radius 2 is 1.77 bits per heavy atom. The second kappa shape index (κ2) is 5.93. The summed E-state index contributed by atoms with van der Waals surface area (Å²) in [6.07, 6.45) is 3.62. The largest absolute Gasteiger partial charge is 0.493 e. The first-order valence-corrected chi connectivity index (χ1v) is 7.03. The molecule has 3 rings (SSSR count). The lowest BCUT2D eigenvalue weighted by Gasteiger charge is -2.25. The quantitative estimate of drug-likeness (QED) is 0.728. The molecule has 0 aliphatic rings. The van der Waals surface area contributed by atoms with Gasteiger partial charge in [0.15, 0.2) is 11.5 Å². The molecule has 4 nitrogen and oxygen atoms in total. The van der Waals surface area contributed by atoms with E-state index in [1.54, 1.807) is 20.4 Å².